The fraction of sp³-hybridized carbons (Fsp3) is 0.211. The van der Waals surface area contributed by atoms with Crippen molar-refractivity contribution >= 4 is 30.3 Å². The third-order valence-electron chi connectivity index (χ3n) is 3.28. The summed E-state index contributed by atoms with van der Waals surface area (Å²) in [6.07, 6.45) is 3.47. The number of rotatable bonds is 5. The van der Waals surface area contributed by atoms with Gasteiger partial charge in [-0.2, -0.15) is 12.6 Å². The Morgan fingerprint density at radius 2 is 1.77 bits per heavy atom. The molecule has 0 N–H and O–H groups in total. The van der Waals surface area contributed by atoms with Gasteiger partial charge < -0.3 is 4.90 Å². The molecule has 0 spiro atoms. The highest BCUT2D eigenvalue weighted by Crippen LogP contribution is 2.16. The Hall–Kier alpha value is -2.00. The maximum absolute atomic E-state index is 12.5. The Balaban J connectivity index is 2.17. The minimum atomic E-state index is -0.0346. The Morgan fingerprint density at radius 1 is 1.14 bits per heavy atom. The van der Waals surface area contributed by atoms with Crippen LogP contribution < -0.4 is 4.90 Å². The van der Waals surface area contributed by atoms with Gasteiger partial charge in [-0.15, -0.1) is 0 Å². The lowest BCUT2D eigenvalue weighted by Gasteiger charge is -2.23. The zero-order chi connectivity index (χ0) is 15.9. The summed E-state index contributed by atoms with van der Waals surface area (Å²) in [4.78, 5) is 14.3. The molecule has 0 saturated heterocycles. The number of carbonyl (C=O) groups excluding carboxylic acids is 1. The maximum Gasteiger partial charge on any atom is 0.251 e. The van der Waals surface area contributed by atoms with Gasteiger partial charge in [0.15, 0.2) is 0 Å². The van der Waals surface area contributed by atoms with Crippen LogP contribution in [0.5, 0.6) is 0 Å². The summed E-state index contributed by atoms with van der Waals surface area (Å²) in [5.74, 6) is -0.0346. The van der Waals surface area contributed by atoms with Crippen molar-refractivity contribution in [3.05, 3.63) is 71.8 Å². The number of anilines is 1. The summed E-state index contributed by atoms with van der Waals surface area (Å²) in [5, 5.41) is 0.108. The van der Waals surface area contributed by atoms with Gasteiger partial charge in [0.25, 0.3) is 5.91 Å². The van der Waals surface area contributed by atoms with Crippen LogP contribution in [0.25, 0.3) is 6.08 Å². The van der Waals surface area contributed by atoms with Gasteiger partial charge >= 0.3 is 0 Å². The van der Waals surface area contributed by atoms with Gasteiger partial charge in [0.05, 0.1) is 0 Å². The molecular formula is C19H21NOS. The van der Waals surface area contributed by atoms with Crippen LogP contribution in [-0.2, 0) is 4.79 Å². The van der Waals surface area contributed by atoms with Crippen molar-refractivity contribution in [1.82, 2.24) is 0 Å². The maximum atomic E-state index is 12.5. The van der Waals surface area contributed by atoms with Crippen molar-refractivity contribution in [1.29, 1.82) is 0 Å². The first kappa shape index (κ1) is 16.4. The third-order valence-corrected chi connectivity index (χ3v) is 3.44. The van der Waals surface area contributed by atoms with E-state index in [-0.39, 0.29) is 11.2 Å². The van der Waals surface area contributed by atoms with Crippen LogP contribution in [0.15, 0.2) is 60.7 Å². The standard InChI is InChI=1S/C19H21NOS/c1-15-8-10-17(11-9-15)12-13-19(21)20(14-16(2)22)18-6-4-3-5-7-18/h3-13,16,22H,14H2,1-2H3/b13-12+. The van der Waals surface area contributed by atoms with Crippen molar-refractivity contribution in [2.75, 3.05) is 11.4 Å². The summed E-state index contributed by atoms with van der Waals surface area (Å²) in [7, 11) is 0. The molecular weight excluding hydrogens is 290 g/mol. The van der Waals surface area contributed by atoms with E-state index >= 15 is 0 Å². The van der Waals surface area contributed by atoms with E-state index in [0.717, 1.165) is 11.3 Å². The number of hydrogen-bond donors (Lipinski definition) is 1. The fourth-order valence-electron chi connectivity index (χ4n) is 2.13. The van der Waals surface area contributed by atoms with Gasteiger partial charge in [-0.1, -0.05) is 55.0 Å². The van der Waals surface area contributed by atoms with Crippen molar-refractivity contribution in [2.45, 2.75) is 19.1 Å². The number of hydrogen-bond acceptors (Lipinski definition) is 2. The molecule has 0 aromatic heterocycles. The van der Waals surface area contributed by atoms with E-state index in [9.17, 15) is 4.79 Å². The van der Waals surface area contributed by atoms with Crippen LogP contribution in [0, 0.1) is 6.92 Å². The minimum Gasteiger partial charge on any atom is -0.308 e. The molecule has 0 heterocycles. The largest absolute Gasteiger partial charge is 0.308 e. The molecule has 2 aromatic carbocycles. The lowest BCUT2D eigenvalue weighted by Crippen LogP contribution is -2.33. The second-order valence-electron chi connectivity index (χ2n) is 5.38. The Morgan fingerprint density at radius 3 is 2.36 bits per heavy atom. The highest BCUT2D eigenvalue weighted by atomic mass is 32.1. The van der Waals surface area contributed by atoms with Gasteiger partial charge in [0.2, 0.25) is 0 Å². The lowest BCUT2D eigenvalue weighted by atomic mass is 10.1. The predicted octanol–water partition coefficient (Wildman–Crippen LogP) is 4.36. The third kappa shape index (κ3) is 4.78. The molecule has 3 heteroatoms. The molecule has 0 aliphatic carbocycles. The van der Waals surface area contributed by atoms with Crippen LogP contribution >= 0.6 is 12.6 Å². The van der Waals surface area contributed by atoms with Crippen LogP contribution in [0.3, 0.4) is 0 Å². The molecule has 22 heavy (non-hydrogen) atoms. The molecule has 0 aliphatic rings. The first-order valence-corrected chi connectivity index (χ1v) is 7.87. The molecule has 0 radical (unpaired) electrons. The molecule has 1 unspecified atom stereocenters. The molecule has 1 atom stereocenters. The van der Waals surface area contributed by atoms with Gasteiger partial charge in [0, 0.05) is 23.6 Å². The van der Waals surface area contributed by atoms with Crippen molar-refractivity contribution in [3.8, 4) is 0 Å². The smallest absolute Gasteiger partial charge is 0.251 e. The second kappa shape index (κ2) is 7.85. The Kier molecular flexibility index (Phi) is 5.84. The molecule has 2 nitrogen and oxygen atoms in total. The topological polar surface area (TPSA) is 20.3 Å². The zero-order valence-corrected chi connectivity index (χ0v) is 13.8. The number of carbonyl (C=O) groups is 1. The van der Waals surface area contributed by atoms with E-state index in [1.807, 2.05) is 74.5 Å². The average Bonchev–Trinajstić information content (AvgIpc) is 2.52. The number of para-hydroxylation sites is 1. The first-order chi connectivity index (χ1) is 10.6. The van der Waals surface area contributed by atoms with E-state index in [1.165, 1.54) is 5.56 Å². The molecule has 0 aliphatic heterocycles. The summed E-state index contributed by atoms with van der Waals surface area (Å²) < 4.78 is 0. The SMILES string of the molecule is Cc1ccc(/C=C/C(=O)N(CC(C)S)c2ccccc2)cc1. The van der Waals surface area contributed by atoms with Gasteiger partial charge in [-0.25, -0.2) is 0 Å². The van der Waals surface area contributed by atoms with Crippen molar-refractivity contribution in [2.24, 2.45) is 0 Å². The predicted molar refractivity (Wildman–Crippen MR) is 97.5 cm³/mol. The Labute approximate surface area is 137 Å². The molecule has 2 aromatic rings. The summed E-state index contributed by atoms with van der Waals surface area (Å²) >= 11 is 4.41. The minimum absolute atomic E-state index is 0.0346. The molecule has 0 fully saturated rings. The van der Waals surface area contributed by atoms with Crippen LogP contribution in [-0.4, -0.2) is 17.7 Å². The number of aryl methyl sites for hydroxylation is 1. The Bertz CT molecular complexity index is 632. The second-order valence-corrected chi connectivity index (χ2v) is 6.26. The summed E-state index contributed by atoms with van der Waals surface area (Å²) in [6, 6.07) is 17.8. The van der Waals surface area contributed by atoms with E-state index in [1.54, 1.807) is 11.0 Å². The number of nitrogens with zero attached hydrogens (tertiary/aromatic N) is 1. The molecule has 2 rings (SSSR count). The summed E-state index contributed by atoms with van der Waals surface area (Å²) in [6.45, 7) is 4.60. The van der Waals surface area contributed by atoms with E-state index in [0.29, 0.717) is 6.54 Å². The molecule has 0 saturated carbocycles. The van der Waals surface area contributed by atoms with Gasteiger partial charge in [0.1, 0.15) is 0 Å². The quantitative estimate of drug-likeness (QED) is 0.642. The van der Waals surface area contributed by atoms with Crippen LogP contribution in [0.4, 0.5) is 5.69 Å². The zero-order valence-electron chi connectivity index (χ0n) is 12.9. The van der Waals surface area contributed by atoms with E-state index < -0.39 is 0 Å². The monoisotopic (exact) mass is 311 g/mol. The fourth-order valence-corrected chi connectivity index (χ4v) is 2.29. The molecule has 1 amide bonds. The first-order valence-electron chi connectivity index (χ1n) is 7.35. The highest BCUT2D eigenvalue weighted by molar-refractivity contribution is 7.81. The van der Waals surface area contributed by atoms with Crippen LogP contribution in [0.1, 0.15) is 18.1 Å². The van der Waals surface area contributed by atoms with Crippen LogP contribution in [0.2, 0.25) is 0 Å². The summed E-state index contributed by atoms with van der Waals surface area (Å²) in [5.41, 5.74) is 3.12. The number of amides is 1. The van der Waals surface area contributed by atoms with Gasteiger partial charge in [-0.05, 0) is 30.7 Å². The number of thiol groups is 1. The van der Waals surface area contributed by atoms with Crippen molar-refractivity contribution in [3.63, 3.8) is 0 Å². The van der Waals surface area contributed by atoms with E-state index in [4.69, 9.17) is 0 Å². The van der Waals surface area contributed by atoms with Crippen molar-refractivity contribution < 1.29 is 4.79 Å². The van der Waals surface area contributed by atoms with E-state index in [2.05, 4.69) is 12.6 Å². The molecule has 0 bridgehead atoms. The number of benzene rings is 2. The normalized spacial score (nSPS) is 12.3. The average molecular weight is 311 g/mol. The van der Waals surface area contributed by atoms with Gasteiger partial charge in [-0.3, -0.25) is 4.79 Å². The highest BCUT2D eigenvalue weighted by Gasteiger charge is 2.14. The lowest BCUT2D eigenvalue weighted by molar-refractivity contribution is -0.114. The molecule has 114 valence electrons.